The molecule has 1 aliphatic carbocycles. The Morgan fingerprint density at radius 3 is 3.23 bits per heavy atom. The lowest BCUT2D eigenvalue weighted by molar-refractivity contribution is 0.760. The first-order valence-corrected chi connectivity index (χ1v) is 4.68. The van der Waals surface area contributed by atoms with E-state index in [1.54, 1.807) is 0 Å². The van der Waals surface area contributed by atoms with Crippen LogP contribution in [0.25, 0.3) is 0 Å². The summed E-state index contributed by atoms with van der Waals surface area (Å²) in [5.74, 6) is 0.457. The van der Waals surface area contributed by atoms with E-state index in [1.807, 2.05) is 19.3 Å². The molecule has 2 aliphatic rings. The SMILES string of the molecule is CNCCC1=CN=C2C=CC=CC12. The van der Waals surface area contributed by atoms with Crippen molar-refractivity contribution in [2.45, 2.75) is 6.42 Å². The summed E-state index contributed by atoms with van der Waals surface area (Å²) < 4.78 is 0. The minimum absolute atomic E-state index is 0.457. The van der Waals surface area contributed by atoms with Gasteiger partial charge in [-0.3, -0.25) is 4.99 Å². The average Bonchev–Trinajstić information content (AvgIpc) is 2.58. The van der Waals surface area contributed by atoms with E-state index in [0.717, 1.165) is 13.0 Å². The highest BCUT2D eigenvalue weighted by Crippen LogP contribution is 2.26. The summed E-state index contributed by atoms with van der Waals surface area (Å²) in [5.41, 5.74) is 2.61. The van der Waals surface area contributed by atoms with Gasteiger partial charge in [-0.2, -0.15) is 0 Å². The van der Waals surface area contributed by atoms with Crippen LogP contribution in [0.2, 0.25) is 0 Å². The van der Waals surface area contributed by atoms with Crippen LogP contribution in [-0.4, -0.2) is 19.3 Å². The molecule has 0 radical (unpaired) electrons. The number of hydrogen-bond acceptors (Lipinski definition) is 2. The van der Waals surface area contributed by atoms with Crippen molar-refractivity contribution in [1.82, 2.24) is 5.32 Å². The van der Waals surface area contributed by atoms with Crippen LogP contribution in [0.5, 0.6) is 0 Å². The van der Waals surface area contributed by atoms with Gasteiger partial charge in [-0.1, -0.05) is 18.2 Å². The minimum atomic E-state index is 0.457. The molecule has 0 aromatic carbocycles. The Bertz CT molecular complexity index is 308. The molecule has 13 heavy (non-hydrogen) atoms. The third-order valence-corrected chi connectivity index (χ3v) is 2.44. The normalized spacial score (nSPS) is 24.2. The number of nitrogens with one attached hydrogen (secondary N) is 1. The van der Waals surface area contributed by atoms with Crippen LogP contribution in [0, 0.1) is 5.92 Å². The molecule has 68 valence electrons. The molecule has 1 N–H and O–H groups in total. The highest BCUT2D eigenvalue weighted by atomic mass is 14.8. The zero-order chi connectivity index (χ0) is 9.10. The monoisotopic (exact) mass is 174 g/mol. The molecule has 2 nitrogen and oxygen atoms in total. The molecule has 0 saturated carbocycles. The predicted octanol–water partition coefficient (Wildman–Crippen LogP) is 1.68. The molecule has 0 saturated heterocycles. The largest absolute Gasteiger partial charge is 0.319 e. The van der Waals surface area contributed by atoms with E-state index in [-0.39, 0.29) is 0 Å². The molecule has 0 aromatic heterocycles. The molecule has 0 spiro atoms. The van der Waals surface area contributed by atoms with E-state index in [2.05, 4.69) is 28.5 Å². The van der Waals surface area contributed by atoms with Crippen molar-refractivity contribution >= 4 is 5.71 Å². The third kappa shape index (κ3) is 1.63. The van der Waals surface area contributed by atoms with Crippen LogP contribution in [0.4, 0.5) is 0 Å². The molecule has 1 heterocycles. The van der Waals surface area contributed by atoms with Gasteiger partial charge < -0.3 is 5.32 Å². The Labute approximate surface area is 78.8 Å². The minimum Gasteiger partial charge on any atom is -0.319 e. The summed E-state index contributed by atoms with van der Waals surface area (Å²) in [5, 5.41) is 3.16. The summed E-state index contributed by atoms with van der Waals surface area (Å²) in [4.78, 5) is 4.38. The van der Waals surface area contributed by atoms with Crippen molar-refractivity contribution in [3.05, 3.63) is 36.1 Å². The van der Waals surface area contributed by atoms with Gasteiger partial charge >= 0.3 is 0 Å². The van der Waals surface area contributed by atoms with Gasteiger partial charge in [0.1, 0.15) is 0 Å². The first-order valence-electron chi connectivity index (χ1n) is 4.68. The fourth-order valence-electron chi connectivity index (χ4n) is 1.70. The number of rotatable bonds is 3. The quantitative estimate of drug-likeness (QED) is 0.691. The lowest BCUT2D eigenvalue weighted by Crippen LogP contribution is -2.15. The van der Waals surface area contributed by atoms with E-state index in [0.29, 0.717) is 5.92 Å². The van der Waals surface area contributed by atoms with Crippen LogP contribution in [0.15, 0.2) is 41.1 Å². The maximum atomic E-state index is 4.38. The summed E-state index contributed by atoms with van der Waals surface area (Å²) >= 11 is 0. The van der Waals surface area contributed by atoms with E-state index in [4.69, 9.17) is 0 Å². The predicted molar refractivity (Wildman–Crippen MR) is 55.8 cm³/mol. The molecule has 0 aromatic rings. The molecule has 0 bridgehead atoms. The summed E-state index contributed by atoms with van der Waals surface area (Å²) in [6, 6.07) is 0. The van der Waals surface area contributed by atoms with Gasteiger partial charge in [-0.25, -0.2) is 0 Å². The topological polar surface area (TPSA) is 24.4 Å². The van der Waals surface area contributed by atoms with Gasteiger partial charge in [0.25, 0.3) is 0 Å². The van der Waals surface area contributed by atoms with Crippen LogP contribution in [0.1, 0.15) is 6.42 Å². The summed E-state index contributed by atoms with van der Waals surface area (Å²) in [7, 11) is 1.98. The molecular weight excluding hydrogens is 160 g/mol. The Morgan fingerprint density at radius 1 is 1.46 bits per heavy atom. The standard InChI is InChI=1S/C11H14N2/c1-12-7-6-9-8-13-11-5-3-2-4-10(9)11/h2-5,8,10,12H,6-7H2,1H3. The van der Waals surface area contributed by atoms with Gasteiger partial charge in [0.15, 0.2) is 0 Å². The molecule has 2 heteroatoms. The zero-order valence-electron chi connectivity index (χ0n) is 7.83. The smallest absolute Gasteiger partial charge is 0.0513 e. The second kappa shape index (κ2) is 3.71. The molecule has 1 aliphatic heterocycles. The van der Waals surface area contributed by atoms with Crippen molar-refractivity contribution in [3.63, 3.8) is 0 Å². The maximum Gasteiger partial charge on any atom is 0.0513 e. The zero-order valence-corrected chi connectivity index (χ0v) is 7.83. The molecular formula is C11H14N2. The maximum absolute atomic E-state index is 4.38. The number of hydrogen-bond donors (Lipinski definition) is 1. The molecule has 0 fully saturated rings. The van der Waals surface area contributed by atoms with Crippen LogP contribution in [0.3, 0.4) is 0 Å². The van der Waals surface area contributed by atoms with Crippen molar-refractivity contribution in [3.8, 4) is 0 Å². The van der Waals surface area contributed by atoms with Crippen LogP contribution < -0.4 is 5.32 Å². The van der Waals surface area contributed by atoms with E-state index >= 15 is 0 Å². The Kier molecular flexibility index (Phi) is 2.41. The number of allylic oxidation sites excluding steroid dienone is 4. The number of nitrogens with zero attached hydrogens (tertiary/aromatic N) is 1. The lowest BCUT2D eigenvalue weighted by Gasteiger charge is -2.13. The van der Waals surface area contributed by atoms with Gasteiger partial charge in [0.05, 0.1) is 5.71 Å². The second-order valence-electron chi connectivity index (χ2n) is 3.33. The van der Waals surface area contributed by atoms with Gasteiger partial charge in [-0.15, -0.1) is 0 Å². The average molecular weight is 174 g/mol. The fraction of sp³-hybridized carbons (Fsp3) is 0.364. The molecule has 1 atom stereocenters. The third-order valence-electron chi connectivity index (χ3n) is 2.44. The summed E-state index contributed by atoms with van der Waals surface area (Å²) in [6.45, 7) is 1.03. The summed E-state index contributed by atoms with van der Waals surface area (Å²) in [6.07, 6.45) is 11.6. The number of fused-ring (bicyclic) bond motifs is 1. The molecule has 0 amide bonds. The van der Waals surface area contributed by atoms with Gasteiger partial charge in [-0.05, 0) is 31.7 Å². The van der Waals surface area contributed by atoms with Crippen molar-refractivity contribution < 1.29 is 0 Å². The highest BCUT2D eigenvalue weighted by molar-refractivity contribution is 6.03. The Hall–Kier alpha value is -1.15. The van der Waals surface area contributed by atoms with Crippen molar-refractivity contribution in [1.29, 1.82) is 0 Å². The van der Waals surface area contributed by atoms with E-state index in [1.165, 1.54) is 11.3 Å². The lowest BCUT2D eigenvalue weighted by atomic mass is 9.91. The Morgan fingerprint density at radius 2 is 2.38 bits per heavy atom. The van der Waals surface area contributed by atoms with Crippen LogP contribution in [-0.2, 0) is 0 Å². The molecule has 1 unspecified atom stereocenters. The van der Waals surface area contributed by atoms with Crippen molar-refractivity contribution in [2.75, 3.05) is 13.6 Å². The number of aliphatic imine (C=N–C) groups is 1. The van der Waals surface area contributed by atoms with E-state index in [9.17, 15) is 0 Å². The van der Waals surface area contributed by atoms with Gasteiger partial charge in [0, 0.05) is 12.1 Å². The Balaban J connectivity index is 2.03. The highest BCUT2D eigenvalue weighted by Gasteiger charge is 2.21. The molecule has 2 rings (SSSR count). The first kappa shape index (κ1) is 8.45. The first-order chi connectivity index (χ1) is 6.42. The second-order valence-corrected chi connectivity index (χ2v) is 3.33. The van der Waals surface area contributed by atoms with Crippen molar-refractivity contribution in [2.24, 2.45) is 10.9 Å². The van der Waals surface area contributed by atoms with Gasteiger partial charge in [0.2, 0.25) is 0 Å². The van der Waals surface area contributed by atoms with E-state index < -0.39 is 0 Å². The fourth-order valence-corrected chi connectivity index (χ4v) is 1.70. The van der Waals surface area contributed by atoms with Crippen LogP contribution >= 0.6 is 0 Å².